The van der Waals surface area contributed by atoms with Gasteiger partial charge in [-0.1, -0.05) is 53.4 Å². The summed E-state index contributed by atoms with van der Waals surface area (Å²) in [7, 11) is -0.747. The molecule has 0 unspecified atom stereocenters. The van der Waals surface area contributed by atoms with Crippen molar-refractivity contribution in [3.63, 3.8) is 0 Å². The molecule has 168 valence electrons. The van der Waals surface area contributed by atoms with Gasteiger partial charge in [0, 0.05) is 7.11 Å². The van der Waals surface area contributed by atoms with Gasteiger partial charge in [0.15, 0.2) is 0 Å². The molecule has 0 aliphatic rings. The fourth-order valence-electron chi connectivity index (χ4n) is 2.88. The van der Waals surface area contributed by atoms with Crippen LogP contribution in [0.15, 0.2) is 0 Å². The van der Waals surface area contributed by atoms with Crippen LogP contribution in [0.4, 0.5) is 0 Å². The number of nitrogens with zero attached hydrogens (tertiary/aromatic N) is 3. The van der Waals surface area contributed by atoms with Crippen molar-refractivity contribution in [1.29, 1.82) is 10.5 Å². The van der Waals surface area contributed by atoms with E-state index in [1.54, 1.807) is 0 Å². The largest absolute Gasteiger partial charge is 0.830 e. The van der Waals surface area contributed by atoms with Gasteiger partial charge in [0.05, 0.1) is 26.2 Å². The molecule has 0 amide bonds. The molecule has 0 spiro atoms. The van der Waals surface area contributed by atoms with Crippen molar-refractivity contribution in [3.8, 4) is 12.1 Å². The fourth-order valence-corrected chi connectivity index (χ4v) is 2.88. The molecule has 8 heteroatoms. The molecule has 0 aromatic heterocycles. The zero-order valence-corrected chi connectivity index (χ0v) is 19.5. The Bertz CT molecular complexity index is 414. The van der Waals surface area contributed by atoms with Crippen molar-refractivity contribution in [1.82, 2.24) is 0 Å². The van der Waals surface area contributed by atoms with Gasteiger partial charge in [0.2, 0.25) is 0 Å². The number of rotatable bonds is 16. The van der Waals surface area contributed by atoms with E-state index in [4.69, 9.17) is 10.5 Å². The van der Waals surface area contributed by atoms with E-state index >= 15 is 0 Å². The van der Waals surface area contributed by atoms with Crippen LogP contribution in [0.2, 0.25) is 0 Å². The zero-order chi connectivity index (χ0) is 22.6. The maximum atomic E-state index is 10.4. The summed E-state index contributed by atoms with van der Waals surface area (Å²) in [5.74, 6) is 0. The Morgan fingerprint density at radius 1 is 0.828 bits per heavy atom. The van der Waals surface area contributed by atoms with Crippen molar-refractivity contribution in [2.45, 2.75) is 91.6 Å². The first kappa shape index (κ1) is 30.0. The molecule has 0 atom stereocenters. The standard InChI is InChI=1S/C16H36N.C5H6BN2O4/c1-5-9-13-17(14-10-6-2,15-11-7-3)16-12-8-4;1-5(3-7,4-8)11-12-6(9)10-2/h5-16H2,1-4H3;1-2H3/q+1;-1. The molecule has 0 saturated heterocycles. The molecule has 0 aromatic carbocycles. The van der Waals surface area contributed by atoms with Crippen LogP contribution in [0.25, 0.3) is 0 Å². The molecule has 0 rings (SSSR count). The van der Waals surface area contributed by atoms with Crippen molar-refractivity contribution in [3.05, 3.63) is 0 Å². The van der Waals surface area contributed by atoms with E-state index in [9.17, 15) is 5.02 Å². The lowest BCUT2D eigenvalue weighted by Gasteiger charge is -2.39. The highest BCUT2D eigenvalue weighted by atomic mass is 17.2. The minimum Gasteiger partial charge on any atom is -0.830 e. The van der Waals surface area contributed by atoms with Crippen molar-refractivity contribution in [2.24, 2.45) is 0 Å². The van der Waals surface area contributed by atoms with Gasteiger partial charge >= 0.3 is 7.32 Å². The van der Waals surface area contributed by atoms with Crippen LogP contribution >= 0.6 is 0 Å². The first-order chi connectivity index (χ1) is 13.8. The summed E-state index contributed by atoms with van der Waals surface area (Å²) in [6.07, 6.45) is 11.1. The Hall–Kier alpha value is -1.16. The second kappa shape index (κ2) is 18.8. The van der Waals surface area contributed by atoms with Gasteiger partial charge in [0.1, 0.15) is 12.1 Å². The van der Waals surface area contributed by atoms with E-state index in [0.29, 0.717) is 0 Å². The molecule has 29 heavy (non-hydrogen) atoms. The molecule has 0 saturated carbocycles. The molecule has 0 heterocycles. The summed E-state index contributed by atoms with van der Waals surface area (Å²) in [6, 6.07) is 3.01. The average molecular weight is 411 g/mol. The lowest BCUT2D eigenvalue weighted by Crippen LogP contribution is -2.50. The molecule has 0 aliphatic heterocycles. The normalized spacial score (nSPS) is 11.2. The first-order valence-corrected chi connectivity index (χ1v) is 11.0. The third kappa shape index (κ3) is 15.4. The number of quaternary nitrogens is 1. The predicted octanol–water partition coefficient (Wildman–Crippen LogP) is 3.74. The number of unbranched alkanes of at least 4 members (excludes halogenated alkanes) is 4. The number of nitriles is 2. The predicted molar refractivity (Wildman–Crippen MR) is 114 cm³/mol. The highest BCUT2D eigenvalue weighted by molar-refractivity contribution is 6.31. The van der Waals surface area contributed by atoms with Crippen LogP contribution in [0.1, 0.15) is 86.0 Å². The van der Waals surface area contributed by atoms with Crippen molar-refractivity contribution < 1.29 is 23.9 Å². The monoisotopic (exact) mass is 411 g/mol. The molecule has 0 radical (unpaired) electrons. The third-order valence-electron chi connectivity index (χ3n) is 4.86. The van der Waals surface area contributed by atoms with Gasteiger partial charge < -0.3 is 14.2 Å². The van der Waals surface area contributed by atoms with Gasteiger partial charge in [0.25, 0.3) is 5.60 Å². The van der Waals surface area contributed by atoms with Crippen LogP contribution in [0.3, 0.4) is 0 Å². The lowest BCUT2D eigenvalue weighted by atomic mass is 10.1. The van der Waals surface area contributed by atoms with Crippen LogP contribution < -0.4 is 5.02 Å². The highest BCUT2D eigenvalue weighted by Gasteiger charge is 2.26. The minimum atomic E-state index is -1.86. The summed E-state index contributed by atoms with van der Waals surface area (Å²) in [6.45, 7) is 16.2. The van der Waals surface area contributed by atoms with E-state index in [1.807, 2.05) is 0 Å². The topological polar surface area (TPSA) is 98.3 Å². The molecule has 0 aromatic rings. The van der Waals surface area contributed by atoms with Gasteiger partial charge in [-0.05, 0) is 32.6 Å². The molecule has 7 nitrogen and oxygen atoms in total. The van der Waals surface area contributed by atoms with E-state index in [2.05, 4.69) is 42.0 Å². The number of hydrogen-bond donors (Lipinski definition) is 0. The quantitative estimate of drug-likeness (QED) is 0.166. The Labute approximate surface area is 179 Å². The molecular weight excluding hydrogens is 369 g/mol. The molecular formula is C21H42BN3O4. The second-order valence-electron chi connectivity index (χ2n) is 7.61. The number of hydrogen-bond acceptors (Lipinski definition) is 6. The van der Waals surface area contributed by atoms with Gasteiger partial charge in [-0.2, -0.15) is 10.5 Å². The highest BCUT2D eigenvalue weighted by Crippen LogP contribution is 2.16. The lowest BCUT2D eigenvalue weighted by molar-refractivity contribution is -0.929. The second-order valence-corrected chi connectivity index (χ2v) is 7.61. The first-order valence-electron chi connectivity index (χ1n) is 11.0. The fraction of sp³-hybridized carbons (Fsp3) is 0.905. The molecule has 0 aliphatic carbocycles. The molecule has 0 bridgehead atoms. The van der Waals surface area contributed by atoms with Gasteiger partial charge in [-0.25, -0.2) is 4.89 Å². The summed E-state index contributed by atoms with van der Waals surface area (Å²) in [5.41, 5.74) is -1.78. The summed E-state index contributed by atoms with van der Waals surface area (Å²) in [4.78, 5) is 8.24. The van der Waals surface area contributed by atoms with Crippen molar-refractivity contribution in [2.75, 3.05) is 33.3 Å². The van der Waals surface area contributed by atoms with E-state index in [1.165, 1.54) is 94.2 Å². The van der Waals surface area contributed by atoms with E-state index in [-0.39, 0.29) is 0 Å². The van der Waals surface area contributed by atoms with Crippen LogP contribution in [0, 0.1) is 22.7 Å². The minimum absolute atomic E-state index is 1.11. The van der Waals surface area contributed by atoms with Crippen LogP contribution in [-0.2, 0) is 14.3 Å². The van der Waals surface area contributed by atoms with E-state index in [0.717, 1.165) is 14.0 Å². The molecule has 0 fully saturated rings. The third-order valence-corrected chi connectivity index (χ3v) is 4.86. The molecule has 0 N–H and O–H groups in total. The Morgan fingerprint density at radius 2 is 1.17 bits per heavy atom. The van der Waals surface area contributed by atoms with E-state index < -0.39 is 12.9 Å². The maximum Gasteiger partial charge on any atom is 0.389 e. The zero-order valence-electron chi connectivity index (χ0n) is 19.5. The van der Waals surface area contributed by atoms with Crippen LogP contribution in [0.5, 0.6) is 0 Å². The summed E-state index contributed by atoms with van der Waals surface area (Å²) >= 11 is 0. The Balaban J connectivity index is 0. The van der Waals surface area contributed by atoms with Gasteiger partial charge in [-0.3, -0.25) is 4.81 Å². The van der Waals surface area contributed by atoms with Crippen molar-refractivity contribution >= 4 is 7.32 Å². The Kier molecular flexibility index (Phi) is 19.5. The van der Waals surface area contributed by atoms with Crippen LogP contribution in [-0.4, -0.2) is 50.7 Å². The smallest absolute Gasteiger partial charge is 0.389 e. The Morgan fingerprint density at radius 3 is 1.41 bits per heavy atom. The van der Waals surface area contributed by atoms with Gasteiger partial charge in [-0.15, -0.1) is 0 Å². The average Bonchev–Trinajstić information content (AvgIpc) is 2.76. The summed E-state index contributed by atoms with van der Waals surface area (Å²) in [5, 5.41) is 27.1. The maximum absolute atomic E-state index is 10.4. The SMILES string of the molecule is CCCC[N+](CCCC)(CCCC)CCCC.COB([O-])OOC(C)(C#N)C#N. The summed E-state index contributed by atoms with van der Waals surface area (Å²) < 4.78 is 5.53.